The maximum absolute atomic E-state index is 13.2. The first-order chi connectivity index (χ1) is 14.1. The van der Waals surface area contributed by atoms with Crippen molar-refractivity contribution in [1.29, 1.82) is 0 Å². The second kappa shape index (κ2) is 6.78. The lowest BCUT2D eigenvalue weighted by molar-refractivity contribution is 0.312. The van der Waals surface area contributed by atoms with E-state index >= 15 is 0 Å². The molecule has 2 aromatic heterocycles. The molecule has 0 aliphatic carbocycles. The van der Waals surface area contributed by atoms with Crippen LogP contribution in [0.15, 0.2) is 64.5 Å². The zero-order chi connectivity index (χ0) is 20.0. The van der Waals surface area contributed by atoms with Crippen LogP contribution in [0.4, 0.5) is 5.82 Å². The zero-order valence-corrected chi connectivity index (χ0v) is 16.7. The Kier molecular flexibility index (Phi) is 4.21. The molecule has 3 heterocycles. The molecule has 9 heteroatoms. The molecular weight excluding hydrogens is 388 g/mol. The van der Waals surface area contributed by atoms with Gasteiger partial charge in [0.25, 0.3) is 0 Å². The Balaban J connectivity index is 1.75. The van der Waals surface area contributed by atoms with E-state index in [1.165, 1.54) is 4.52 Å². The number of nitrogens with zero attached hydrogens (tertiary/aromatic N) is 6. The largest absolute Gasteiger partial charge is 0.353 e. The van der Waals surface area contributed by atoms with Crippen molar-refractivity contribution in [1.82, 2.24) is 24.7 Å². The highest BCUT2D eigenvalue weighted by Crippen LogP contribution is 2.30. The Labute approximate surface area is 168 Å². The maximum Gasteiger partial charge on any atom is 0.229 e. The third kappa shape index (κ3) is 2.93. The van der Waals surface area contributed by atoms with Gasteiger partial charge in [-0.05, 0) is 31.3 Å². The molecule has 4 aromatic rings. The van der Waals surface area contributed by atoms with E-state index in [4.69, 9.17) is 4.98 Å². The van der Waals surface area contributed by atoms with Gasteiger partial charge in [-0.25, -0.2) is 13.4 Å². The molecule has 0 N–H and O–H groups in total. The number of likely N-dealkylation sites (N-methyl/N-ethyl adjacent to an activating group) is 1. The van der Waals surface area contributed by atoms with E-state index in [-0.39, 0.29) is 15.6 Å². The Bertz CT molecular complexity index is 1290. The summed E-state index contributed by atoms with van der Waals surface area (Å²) in [7, 11) is -1.74. The van der Waals surface area contributed by atoms with Crippen molar-refractivity contribution >= 4 is 32.2 Å². The molecule has 0 atom stereocenters. The van der Waals surface area contributed by atoms with Crippen LogP contribution in [0.25, 0.3) is 16.6 Å². The van der Waals surface area contributed by atoms with E-state index in [9.17, 15) is 8.42 Å². The third-order valence-electron chi connectivity index (χ3n) is 5.31. The summed E-state index contributed by atoms with van der Waals surface area (Å²) in [4.78, 5) is 9.42. The van der Waals surface area contributed by atoms with Crippen LogP contribution in [-0.2, 0) is 9.84 Å². The van der Waals surface area contributed by atoms with Gasteiger partial charge >= 0.3 is 0 Å². The van der Waals surface area contributed by atoms with Crippen LogP contribution in [-0.4, -0.2) is 66.4 Å². The normalized spacial score (nSPS) is 16.0. The first-order valence-corrected chi connectivity index (χ1v) is 10.9. The SMILES string of the molecule is CN1CCN(c2nc3c(S(=O)(=O)c4ccccc4)nnn3c3ccccc23)CC1. The summed E-state index contributed by atoms with van der Waals surface area (Å²) in [6.07, 6.45) is 0. The molecule has 1 aliphatic rings. The quantitative estimate of drug-likeness (QED) is 0.512. The summed E-state index contributed by atoms with van der Waals surface area (Å²) >= 11 is 0. The fourth-order valence-electron chi connectivity index (χ4n) is 3.67. The molecule has 8 nitrogen and oxygen atoms in total. The average molecular weight is 408 g/mol. The minimum Gasteiger partial charge on any atom is -0.353 e. The summed E-state index contributed by atoms with van der Waals surface area (Å²) in [6, 6.07) is 16.0. The average Bonchev–Trinajstić information content (AvgIpc) is 3.20. The molecule has 2 aromatic carbocycles. The monoisotopic (exact) mass is 408 g/mol. The number of fused-ring (bicyclic) bond motifs is 3. The number of hydrogen-bond acceptors (Lipinski definition) is 7. The molecule has 0 bridgehead atoms. The lowest BCUT2D eigenvalue weighted by atomic mass is 10.2. The second-order valence-electron chi connectivity index (χ2n) is 7.19. The number of anilines is 1. The fourth-order valence-corrected chi connectivity index (χ4v) is 4.93. The van der Waals surface area contributed by atoms with E-state index in [2.05, 4.69) is 27.2 Å². The predicted molar refractivity (Wildman–Crippen MR) is 110 cm³/mol. The van der Waals surface area contributed by atoms with Crippen LogP contribution in [0.1, 0.15) is 0 Å². The van der Waals surface area contributed by atoms with Gasteiger partial charge in [-0.15, -0.1) is 5.10 Å². The number of piperazine rings is 1. The number of rotatable bonds is 3. The van der Waals surface area contributed by atoms with Gasteiger partial charge in [0, 0.05) is 31.6 Å². The smallest absolute Gasteiger partial charge is 0.229 e. The van der Waals surface area contributed by atoms with Crippen molar-refractivity contribution < 1.29 is 8.42 Å². The number of hydrogen-bond donors (Lipinski definition) is 0. The van der Waals surface area contributed by atoms with Crippen molar-refractivity contribution in [3.63, 3.8) is 0 Å². The van der Waals surface area contributed by atoms with Crippen LogP contribution in [0.3, 0.4) is 0 Å². The zero-order valence-electron chi connectivity index (χ0n) is 15.9. The van der Waals surface area contributed by atoms with Gasteiger partial charge in [0.1, 0.15) is 5.82 Å². The van der Waals surface area contributed by atoms with Crippen LogP contribution >= 0.6 is 0 Å². The van der Waals surface area contributed by atoms with E-state index in [0.717, 1.165) is 42.9 Å². The van der Waals surface area contributed by atoms with Gasteiger partial charge in [-0.1, -0.05) is 35.5 Å². The van der Waals surface area contributed by atoms with Gasteiger partial charge in [0.05, 0.1) is 10.4 Å². The number of para-hydroxylation sites is 1. The van der Waals surface area contributed by atoms with Crippen molar-refractivity contribution in [2.75, 3.05) is 38.1 Å². The standard InChI is InChI=1S/C20H20N6O2S/c1-24-11-13-25(14-12-24)18-16-9-5-6-10-17(16)26-19(21-18)20(22-23-26)29(27,28)15-7-3-2-4-8-15/h2-10H,11-14H2,1H3. The summed E-state index contributed by atoms with van der Waals surface area (Å²) in [5.41, 5.74) is 1.04. The lowest BCUT2D eigenvalue weighted by Gasteiger charge is -2.33. The fraction of sp³-hybridized carbons (Fsp3) is 0.250. The van der Waals surface area contributed by atoms with E-state index in [1.807, 2.05) is 24.3 Å². The third-order valence-corrected chi connectivity index (χ3v) is 6.98. The van der Waals surface area contributed by atoms with Crippen LogP contribution in [0, 0.1) is 0 Å². The topological polar surface area (TPSA) is 83.7 Å². The Morgan fingerprint density at radius 2 is 1.59 bits per heavy atom. The first kappa shape index (κ1) is 18.0. The van der Waals surface area contributed by atoms with Gasteiger partial charge in [0.15, 0.2) is 5.65 Å². The van der Waals surface area contributed by atoms with Crippen LogP contribution in [0.2, 0.25) is 0 Å². The van der Waals surface area contributed by atoms with Gasteiger partial charge < -0.3 is 9.80 Å². The molecular formula is C20H20N6O2S. The Hall–Kier alpha value is -3.04. The van der Waals surface area contributed by atoms with Gasteiger partial charge in [-0.2, -0.15) is 4.52 Å². The minimum atomic E-state index is -3.83. The molecule has 1 fully saturated rings. The summed E-state index contributed by atoms with van der Waals surface area (Å²) in [5.74, 6) is 0.771. The molecule has 0 spiro atoms. The van der Waals surface area contributed by atoms with Crippen LogP contribution in [0.5, 0.6) is 0 Å². The minimum absolute atomic E-state index is 0.121. The first-order valence-electron chi connectivity index (χ1n) is 9.43. The Morgan fingerprint density at radius 1 is 0.897 bits per heavy atom. The van der Waals surface area contributed by atoms with Gasteiger partial charge in [0.2, 0.25) is 14.9 Å². The summed E-state index contributed by atoms with van der Waals surface area (Å²) in [5, 5.41) is 8.97. The van der Waals surface area contributed by atoms with E-state index in [0.29, 0.717) is 0 Å². The van der Waals surface area contributed by atoms with Crippen LogP contribution < -0.4 is 4.90 Å². The van der Waals surface area contributed by atoms with Crippen molar-refractivity contribution in [2.45, 2.75) is 9.92 Å². The van der Waals surface area contributed by atoms with E-state index in [1.54, 1.807) is 30.3 Å². The molecule has 29 heavy (non-hydrogen) atoms. The molecule has 0 radical (unpaired) electrons. The number of sulfone groups is 1. The summed E-state index contributed by atoms with van der Waals surface area (Å²) in [6.45, 7) is 3.50. The number of benzene rings is 2. The molecule has 5 rings (SSSR count). The maximum atomic E-state index is 13.2. The molecule has 0 saturated carbocycles. The van der Waals surface area contributed by atoms with Crippen molar-refractivity contribution in [2.24, 2.45) is 0 Å². The van der Waals surface area contributed by atoms with Crippen molar-refractivity contribution in [3.05, 3.63) is 54.6 Å². The second-order valence-corrected chi connectivity index (χ2v) is 9.05. The van der Waals surface area contributed by atoms with E-state index < -0.39 is 9.84 Å². The lowest BCUT2D eigenvalue weighted by Crippen LogP contribution is -2.45. The predicted octanol–water partition coefficient (Wildman–Crippen LogP) is 1.86. The van der Waals surface area contributed by atoms with Crippen molar-refractivity contribution in [3.8, 4) is 0 Å². The number of aromatic nitrogens is 4. The molecule has 0 unspecified atom stereocenters. The highest BCUT2D eigenvalue weighted by molar-refractivity contribution is 7.91. The highest BCUT2D eigenvalue weighted by atomic mass is 32.2. The molecule has 148 valence electrons. The molecule has 1 aliphatic heterocycles. The molecule has 0 amide bonds. The summed E-state index contributed by atoms with van der Waals surface area (Å²) < 4.78 is 27.9. The molecule has 1 saturated heterocycles. The Morgan fingerprint density at radius 3 is 2.34 bits per heavy atom. The highest BCUT2D eigenvalue weighted by Gasteiger charge is 2.28. The van der Waals surface area contributed by atoms with Gasteiger partial charge in [-0.3, -0.25) is 0 Å².